The van der Waals surface area contributed by atoms with E-state index in [-0.39, 0.29) is 11.5 Å². The van der Waals surface area contributed by atoms with Crippen LogP contribution in [0.15, 0.2) is 79.0 Å². The van der Waals surface area contributed by atoms with Crippen molar-refractivity contribution in [3.63, 3.8) is 0 Å². The highest BCUT2D eigenvalue weighted by Gasteiger charge is 2.17. The van der Waals surface area contributed by atoms with E-state index in [0.717, 1.165) is 10.9 Å². The molecule has 0 saturated carbocycles. The van der Waals surface area contributed by atoms with Crippen LogP contribution in [-0.4, -0.2) is 23.0 Å². The van der Waals surface area contributed by atoms with Gasteiger partial charge in [0.15, 0.2) is 11.5 Å². The van der Waals surface area contributed by atoms with Crippen molar-refractivity contribution in [2.24, 2.45) is 0 Å². The molecule has 4 aromatic rings. The van der Waals surface area contributed by atoms with Crippen molar-refractivity contribution in [3.8, 4) is 17.2 Å². The molecule has 144 valence electrons. The second-order valence-electron chi connectivity index (χ2n) is 6.54. The third-order valence-corrected chi connectivity index (χ3v) is 4.61. The maximum absolute atomic E-state index is 13.0. The van der Waals surface area contributed by atoms with Gasteiger partial charge in [-0.15, -0.1) is 0 Å². The number of ether oxygens (including phenoxy) is 2. The van der Waals surface area contributed by atoms with Crippen molar-refractivity contribution in [1.82, 2.24) is 4.98 Å². The highest BCUT2D eigenvalue weighted by molar-refractivity contribution is 6.15. The number of hydrogen-bond acceptors (Lipinski definition) is 5. The van der Waals surface area contributed by atoms with Crippen LogP contribution in [0.5, 0.6) is 17.2 Å². The SMILES string of the molecule is COc1cc2c(C(=O)c3cccc(O)c3)nccc2cc1OCc1ccccc1. The molecule has 0 unspecified atom stereocenters. The average molecular weight is 385 g/mol. The molecule has 3 aromatic carbocycles. The lowest BCUT2D eigenvalue weighted by molar-refractivity contribution is 0.103. The fraction of sp³-hybridized carbons (Fsp3) is 0.0833. The molecule has 1 aromatic heterocycles. The molecular formula is C24H19NO4. The van der Waals surface area contributed by atoms with Gasteiger partial charge in [0.2, 0.25) is 5.78 Å². The third kappa shape index (κ3) is 3.89. The van der Waals surface area contributed by atoms with Gasteiger partial charge in [-0.05, 0) is 41.3 Å². The zero-order valence-electron chi connectivity index (χ0n) is 15.8. The normalized spacial score (nSPS) is 10.7. The Bertz CT molecular complexity index is 1170. The molecule has 0 bridgehead atoms. The van der Waals surface area contributed by atoms with E-state index in [2.05, 4.69) is 4.98 Å². The molecule has 0 aliphatic rings. The molecule has 0 radical (unpaired) electrons. The summed E-state index contributed by atoms with van der Waals surface area (Å²) >= 11 is 0. The number of ketones is 1. The van der Waals surface area contributed by atoms with Gasteiger partial charge in [-0.2, -0.15) is 0 Å². The molecule has 0 aliphatic carbocycles. The maximum atomic E-state index is 13.0. The van der Waals surface area contributed by atoms with Gasteiger partial charge in [-0.1, -0.05) is 42.5 Å². The van der Waals surface area contributed by atoms with Crippen LogP contribution in [0.3, 0.4) is 0 Å². The number of aromatic nitrogens is 1. The highest BCUT2D eigenvalue weighted by Crippen LogP contribution is 2.34. The number of nitrogens with zero attached hydrogens (tertiary/aromatic N) is 1. The van der Waals surface area contributed by atoms with E-state index in [9.17, 15) is 9.90 Å². The molecule has 29 heavy (non-hydrogen) atoms. The van der Waals surface area contributed by atoms with E-state index < -0.39 is 0 Å². The lowest BCUT2D eigenvalue weighted by Gasteiger charge is -2.13. The minimum absolute atomic E-state index is 0.0327. The predicted molar refractivity (Wildman–Crippen MR) is 111 cm³/mol. The van der Waals surface area contributed by atoms with Crippen LogP contribution in [0.25, 0.3) is 10.8 Å². The first-order valence-corrected chi connectivity index (χ1v) is 9.13. The summed E-state index contributed by atoms with van der Waals surface area (Å²) in [5, 5.41) is 11.2. The molecule has 4 rings (SSSR count). The number of phenols is 1. The molecular weight excluding hydrogens is 366 g/mol. The largest absolute Gasteiger partial charge is 0.508 e. The number of pyridine rings is 1. The van der Waals surface area contributed by atoms with Crippen molar-refractivity contribution in [2.75, 3.05) is 7.11 Å². The van der Waals surface area contributed by atoms with Gasteiger partial charge in [0.05, 0.1) is 7.11 Å². The number of carbonyl (C=O) groups is 1. The number of carbonyl (C=O) groups excluding carboxylic acids is 1. The first-order chi connectivity index (χ1) is 14.2. The molecule has 5 nitrogen and oxygen atoms in total. The molecule has 1 heterocycles. The topological polar surface area (TPSA) is 68.7 Å². The zero-order valence-corrected chi connectivity index (χ0v) is 15.8. The molecule has 0 amide bonds. The van der Waals surface area contributed by atoms with E-state index in [4.69, 9.17) is 9.47 Å². The van der Waals surface area contributed by atoms with Crippen molar-refractivity contribution in [2.45, 2.75) is 6.61 Å². The van der Waals surface area contributed by atoms with Crippen molar-refractivity contribution in [1.29, 1.82) is 0 Å². The number of aromatic hydroxyl groups is 1. The summed E-state index contributed by atoms with van der Waals surface area (Å²) in [5.74, 6) is 0.869. The van der Waals surface area contributed by atoms with Gasteiger partial charge in [0, 0.05) is 17.1 Å². The van der Waals surface area contributed by atoms with Crippen molar-refractivity contribution < 1.29 is 19.4 Å². The summed E-state index contributed by atoms with van der Waals surface area (Å²) in [4.78, 5) is 17.2. The Labute approximate surface area is 168 Å². The number of rotatable bonds is 6. The Hall–Kier alpha value is -3.86. The minimum Gasteiger partial charge on any atom is -0.508 e. The van der Waals surface area contributed by atoms with E-state index in [1.54, 1.807) is 31.5 Å². The molecule has 0 fully saturated rings. The van der Waals surface area contributed by atoms with E-state index in [1.165, 1.54) is 12.1 Å². The van der Waals surface area contributed by atoms with Gasteiger partial charge < -0.3 is 14.6 Å². The summed E-state index contributed by atoms with van der Waals surface area (Å²) in [6.07, 6.45) is 1.59. The van der Waals surface area contributed by atoms with Crippen LogP contribution in [0, 0.1) is 0 Å². The fourth-order valence-corrected chi connectivity index (χ4v) is 3.15. The van der Waals surface area contributed by atoms with Crippen LogP contribution >= 0.6 is 0 Å². The summed E-state index contributed by atoms with van der Waals surface area (Å²) in [7, 11) is 1.56. The quantitative estimate of drug-likeness (QED) is 0.485. The molecule has 0 aliphatic heterocycles. The van der Waals surface area contributed by atoms with Crippen LogP contribution in [0.2, 0.25) is 0 Å². The smallest absolute Gasteiger partial charge is 0.212 e. The lowest BCUT2D eigenvalue weighted by atomic mass is 10.0. The standard InChI is InChI=1S/C24H19NO4/c1-28-21-14-20-17(13-22(21)29-15-16-6-3-2-4-7-16)10-11-25-23(20)24(27)18-8-5-9-19(26)12-18/h2-14,26H,15H2,1H3. The molecule has 0 saturated heterocycles. The zero-order chi connectivity index (χ0) is 20.2. The van der Waals surface area contributed by atoms with Crippen LogP contribution in [0.1, 0.15) is 21.6 Å². The maximum Gasteiger partial charge on any atom is 0.212 e. The summed E-state index contributed by atoms with van der Waals surface area (Å²) in [6.45, 7) is 0.406. The van der Waals surface area contributed by atoms with Crippen LogP contribution < -0.4 is 9.47 Å². The van der Waals surface area contributed by atoms with Crippen molar-refractivity contribution in [3.05, 3.63) is 95.8 Å². The fourth-order valence-electron chi connectivity index (χ4n) is 3.15. The first kappa shape index (κ1) is 18.5. The first-order valence-electron chi connectivity index (χ1n) is 9.13. The van der Waals surface area contributed by atoms with Gasteiger partial charge in [-0.3, -0.25) is 9.78 Å². The van der Waals surface area contributed by atoms with Gasteiger partial charge >= 0.3 is 0 Å². The van der Waals surface area contributed by atoms with Gasteiger partial charge in [-0.25, -0.2) is 0 Å². The number of methoxy groups -OCH3 is 1. The summed E-state index contributed by atoms with van der Waals surface area (Å²) < 4.78 is 11.5. The molecule has 1 N–H and O–H groups in total. The summed E-state index contributed by atoms with van der Waals surface area (Å²) in [5.41, 5.74) is 1.71. The summed E-state index contributed by atoms with van der Waals surface area (Å²) in [6, 6.07) is 21.5. The van der Waals surface area contributed by atoms with E-state index in [1.807, 2.05) is 42.5 Å². The predicted octanol–water partition coefficient (Wildman–Crippen LogP) is 4.76. The lowest BCUT2D eigenvalue weighted by Crippen LogP contribution is -2.05. The van der Waals surface area contributed by atoms with Crippen LogP contribution in [-0.2, 0) is 6.61 Å². The van der Waals surface area contributed by atoms with Gasteiger partial charge in [0.25, 0.3) is 0 Å². The molecule has 5 heteroatoms. The Morgan fingerprint density at radius 3 is 2.55 bits per heavy atom. The Morgan fingerprint density at radius 1 is 0.966 bits per heavy atom. The number of fused-ring (bicyclic) bond motifs is 1. The molecule has 0 atom stereocenters. The number of hydrogen-bond donors (Lipinski definition) is 1. The number of phenolic OH excluding ortho intramolecular Hbond substituents is 1. The Kier molecular flexibility index (Phi) is 5.12. The Morgan fingerprint density at radius 2 is 1.79 bits per heavy atom. The van der Waals surface area contributed by atoms with E-state index in [0.29, 0.717) is 34.7 Å². The van der Waals surface area contributed by atoms with Crippen molar-refractivity contribution >= 4 is 16.6 Å². The minimum atomic E-state index is -0.272. The monoisotopic (exact) mass is 385 g/mol. The van der Waals surface area contributed by atoms with Crippen LogP contribution in [0.4, 0.5) is 0 Å². The second-order valence-corrected chi connectivity index (χ2v) is 6.54. The second kappa shape index (κ2) is 8.02. The highest BCUT2D eigenvalue weighted by atomic mass is 16.5. The molecule has 0 spiro atoms. The number of benzene rings is 3. The van der Waals surface area contributed by atoms with E-state index >= 15 is 0 Å². The average Bonchev–Trinajstić information content (AvgIpc) is 2.76. The third-order valence-electron chi connectivity index (χ3n) is 4.61. The Balaban J connectivity index is 1.72. The van der Waals surface area contributed by atoms with Gasteiger partial charge in [0.1, 0.15) is 18.1 Å².